The number of ether oxygens (including phenoxy) is 1. The van der Waals surface area contributed by atoms with Crippen LogP contribution in [-0.4, -0.2) is 25.3 Å². The van der Waals surface area contributed by atoms with E-state index in [4.69, 9.17) is 4.74 Å². The minimum atomic E-state index is 0.566. The van der Waals surface area contributed by atoms with Crippen LogP contribution < -0.4 is 5.32 Å². The van der Waals surface area contributed by atoms with Gasteiger partial charge in [0.15, 0.2) is 0 Å². The first-order chi connectivity index (χ1) is 8.84. The van der Waals surface area contributed by atoms with Gasteiger partial charge < -0.3 is 10.1 Å². The van der Waals surface area contributed by atoms with Gasteiger partial charge in [0.1, 0.15) is 0 Å². The van der Waals surface area contributed by atoms with Crippen molar-refractivity contribution in [1.82, 2.24) is 5.32 Å². The van der Waals surface area contributed by atoms with Crippen molar-refractivity contribution in [3.05, 3.63) is 0 Å². The van der Waals surface area contributed by atoms with Crippen molar-refractivity contribution in [1.29, 1.82) is 0 Å². The van der Waals surface area contributed by atoms with Crippen LogP contribution in [0, 0.1) is 5.92 Å². The maximum atomic E-state index is 5.98. The Morgan fingerprint density at radius 2 is 1.67 bits per heavy atom. The summed E-state index contributed by atoms with van der Waals surface area (Å²) in [5.41, 5.74) is 0. The molecule has 0 bridgehead atoms. The van der Waals surface area contributed by atoms with Crippen LogP contribution >= 0.6 is 0 Å². The molecule has 0 radical (unpaired) electrons. The molecule has 0 aromatic heterocycles. The molecule has 2 nitrogen and oxygen atoms in total. The molecule has 0 unspecified atom stereocenters. The first kappa shape index (κ1) is 14.3. The summed E-state index contributed by atoms with van der Waals surface area (Å²) in [4.78, 5) is 0. The lowest BCUT2D eigenvalue weighted by molar-refractivity contribution is 0.0185. The lowest BCUT2D eigenvalue weighted by atomic mass is 9.89. The molecule has 0 aromatic rings. The predicted octanol–water partition coefficient (Wildman–Crippen LogP) is 3.89. The summed E-state index contributed by atoms with van der Waals surface area (Å²) < 4.78 is 5.98. The summed E-state index contributed by atoms with van der Waals surface area (Å²) in [6, 6.07) is 0.800. The van der Waals surface area contributed by atoms with Gasteiger partial charge in [0.2, 0.25) is 0 Å². The largest absolute Gasteiger partial charge is 0.378 e. The molecule has 0 aliphatic heterocycles. The van der Waals surface area contributed by atoms with Gasteiger partial charge in [-0.15, -0.1) is 0 Å². The van der Waals surface area contributed by atoms with E-state index < -0.39 is 0 Å². The molecule has 2 heteroatoms. The van der Waals surface area contributed by atoms with E-state index in [1.807, 2.05) is 0 Å². The Morgan fingerprint density at radius 1 is 0.944 bits per heavy atom. The number of hydrogen-bond donors (Lipinski definition) is 1. The summed E-state index contributed by atoms with van der Waals surface area (Å²) >= 11 is 0. The highest BCUT2D eigenvalue weighted by molar-refractivity contribution is 4.72. The highest BCUT2D eigenvalue weighted by atomic mass is 16.5. The quantitative estimate of drug-likeness (QED) is 0.725. The van der Waals surface area contributed by atoms with Gasteiger partial charge in [-0.3, -0.25) is 0 Å². The molecule has 2 aliphatic carbocycles. The molecule has 2 rings (SSSR count). The average molecular weight is 253 g/mol. The van der Waals surface area contributed by atoms with Crippen LogP contribution in [0.4, 0.5) is 0 Å². The Balaban J connectivity index is 1.43. The first-order valence-electron chi connectivity index (χ1n) is 8.19. The molecule has 0 aromatic carbocycles. The van der Waals surface area contributed by atoms with E-state index in [2.05, 4.69) is 12.2 Å². The molecule has 0 saturated heterocycles. The van der Waals surface area contributed by atoms with Crippen LogP contribution in [0.5, 0.6) is 0 Å². The minimum absolute atomic E-state index is 0.566. The Morgan fingerprint density at radius 3 is 2.39 bits per heavy atom. The fraction of sp³-hybridized carbons (Fsp3) is 1.00. The maximum Gasteiger partial charge on any atom is 0.0575 e. The zero-order valence-corrected chi connectivity index (χ0v) is 12.1. The van der Waals surface area contributed by atoms with Crippen molar-refractivity contribution in [3.8, 4) is 0 Å². The maximum absolute atomic E-state index is 5.98. The lowest BCUT2D eigenvalue weighted by Crippen LogP contribution is -2.32. The SMILES string of the molecule is CC1CCC(OCCCNC2CCCCC2)CC1. The summed E-state index contributed by atoms with van der Waals surface area (Å²) in [5.74, 6) is 0.929. The highest BCUT2D eigenvalue weighted by Gasteiger charge is 2.18. The van der Waals surface area contributed by atoms with Gasteiger partial charge in [0.25, 0.3) is 0 Å². The Hall–Kier alpha value is -0.0800. The van der Waals surface area contributed by atoms with Gasteiger partial charge in [0, 0.05) is 12.6 Å². The molecule has 2 saturated carbocycles. The van der Waals surface area contributed by atoms with Crippen molar-refractivity contribution in [2.75, 3.05) is 13.2 Å². The molecular formula is C16H31NO. The van der Waals surface area contributed by atoms with E-state index in [1.165, 1.54) is 64.2 Å². The van der Waals surface area contributed by atoms with Crippen LogP contribution in [0.1, 0.15) is 71.1 Å². The smallest absolute Gasteiger partial charge is 0.0575 e. The van der Waals surface area contributed by atoms with Crippen LogP contribution in [0.15, 0.2) is 0 Å². The van der Waals surface area contributed by atoms with Crippen molar-refractivity contribution in [2.45, 2.75) is 83.3 Å². The number of nitrogens with one attached hydrogen (secondary N) is 1. The predicted molar refractivity (Wildman–Crippen MR) is 76.9 cm³/mol. The van der Waals surface area contributed by atoms with Crippen molar-refractivity contribution in [2.24, 2.45) is 5.92 Å². The normalized spacial score (nSPS) is 30.5. The standard InChI is InChI=1S/C16H31NO/c1-14-8-10-16(11-9-14)18-13-5-12-17-15-6-3-2-4-7-15/h14-17H,2-13H2,1H3. The van der Waals surface area contributed by atoms with Gasteiger partial charge in [-0.25, -0.2) is 0 Å². The van der Waals surface area contributed by atoms with Gasteiger partial charge in [0.05, 0.1) is 6.10 Å². The second-order valence-corrected chi connectivity index (χ2v) is 6.40. The van der Waals surface area contributed by atoms with Crippen molar-refractivity contribution >= 4 is 0 Å². The van der Waals surface area contributed by atoms with Gasteiger partial charge >= 0.3 is 0 Å². The number of hydrogen-bond acceptors (Lipinski definition) is 2. The molecular weight excluding hydrogens is 222 g/mol. The molecule has 0 atom stereocenters. The second kappa shape index (κ2) is 8.16. The lowest BCUT2D eigenvalue weighted by Gasteiger charge is -2.26. The molecule has 106 valence electrons. The molecule has 2 fully saturated rings. The summed E-state index contributed by atoms with van der Waals surface area (Å²) in [7, 11) is 0. The van der Waals surface area contributed by atoms with E-state index in [0.717, 1.165) is 25.1 Å². The molecule has 2 aliphatic rings. The fourth-order valence-electron chi connectivity index (χ4n) is 3.33. The van der Waals surface area contributed by atoms with Crippen LogP contribution in [0.3, 0.4) is 0 Å². The molecule has 1 N–H and O–H groups in total. The third-order valence-corrected chi connectivity index (χ3v) is 4.68. The first-order valence-corrected chi connectivity index (χ1v) is 8.19. The number of rotatable bonds is 6. The van der Waals surface area contributed by atoms with Gasteiger partial charge in [-0.05, 0) is 57.4 Å². The minimum Gasteiger partial charge on any atom is -0.378 e. The van der Waals surface area contributed by atoms with Crippen LogP contribution in [-0.2, 0) is 4.74 Å². The summed E-state index contributed by atoms with van der Waals surface area (Å²) in [5, 5.41) is 3.69. The van der Waals surface area contributed by atoms with Gasteiger partial charge in [-0.2, -0.15) is 0 Å². The van der Waals surface area contributed by atoms with Crippen molar-refractivity contribution in [3.63, 3.8) is 0 Å². The Labute approximate surface area is 113 Å². The monoisotopic (exact) mass is 253 g/mol. The average Bonchev–Trinajstić information content (AvgIpc) is 2.42. The zero-order valence-electron chi connectivity index (χ0n) is 12.1. The third-order valence-electron chi connectivity index (χ3n) is 4.68. The summed E-state index contributed by atoms with van der Waals surface area (Å²) in [6.45, 7) is 4.47. The van der Waals surface area contributed by atoms with E-state index in [-0.39, 0.29) is 0 Å². The summed E-state index contributed by atoms with van der Waals surface area (Å²) in [6.07, 6.45) is 14.1. The van der Waals surface area contributed by atoms with Gasteiger partial charge in [-0.1, -0.05) is 26.2 Å². The van der Waals surface area contributed by atoms with Crippen LogP contribution in [0.25, 0.3) is 0 Å². The molecule has 0 spiro atoms. The third kappa shape index (κ3) is 5.27. The Bertz CT molecular complexity index is 205. The second-order valence-electron chi connectivity index (χ2n) is 6.40. The van der Waals surface area contributed by atoms with Crippen LogP contribution in [0.2, 0.25) is 0 Å². The van der Waals surface area contributed by atoms with E-state index in [1.54, 1.807) is 0 Å². The molecule has 18 heavy (non-hydrogen) atoms. The molecule has 0 amide bonds. The van der Waals surface area contributed by atoms with E-state index in [9.17, 15) is 0 Å². The topological polar surface area (TPSA) is 21.3 Å². The van der Waals surface area contributed by atoms with E-state index >= 15 is 0 Å². The van der Waals surface area contributed by atoms with Crippen molar-refractivity contribution < 1.29 is 4.74 Å². The highest BCUT2D eigenvalue weighted by Crippen LogP contribution is 2.25. The zero-order chi connectivity index (χ0) is 12.6. The van der Waals surface area contributed by atoms with E-state index in [0.29, 0.717) is 6.10 Å². The Kier molecular flexibility index (Phi) is 6.50. The molecule has 0 heterocycles. The fourth-order valence-corrected chi connectivity index (χ4v) is 3.33.